The van der Waals surface area contributed by atoms with Crippen molar-refractivity contribution in [2.75, 3.05) is 12.4 Å². The van der Waals surface area contributed by atoms with E-state index in [1.165, 1.54) is 18.3 Å². The number of carbonyl (C=O) groups is 3. The molecule has 1 aromatic heterocycles. The average Bonchev–Trinajstić information content (AvgIpc) is 3.31. The number of methoxy groups -OCH3 is 1. The van der Waals surface area contributed by atoms with Crippen LogP contribution in [0.2, 0.25) is 0 Å². The number of nitrogens with zero attached hydrogens (tertiary/aromatic N) is 2. The van der Waals surface area contributed by atoms with Crippen LogP contribution < -0.4 is 10.1 Å². The second kappa shape index (κ2) is 7.48. The van der Waals surface area contributed by atoms with E-state index in [0.717, 1.165) is 16.2 Å². The molecule has 0 spiro atoms. The molecule has 1 aliphatic heterocycles. The highest BCUT2D eigenvalue weighted by atomic mass is 32.1. The third kappa shape index (κ3) is 3.38. The molecule has 0 fully saturated rings. The van der Waals surface area contributed by atoms with E-state index in [1.807, 2.05) is 29.6 Å². The van der Waals surface area contributed by atoms with Crippen LogP contribution in [0.15, 0.2) is 53.9 Å². The molecule has 0 aliphatic carbocycles. The van der Waals surface area contributed by atoms with Gasteiger partial charge in [0.05, 0.1) is 23.9 Å². The van der Waals surface area contributed by atoms with E-state index in [1.54, 1.807) is 31.4 Å². The van der Waals surface area contributed by atoms with Gasteiger partial charge >= 0.3 is 0 Å². The van der Waals surface area contributed by atoms with Gasteiger partial charge in [0.15, 0.2) is 5.13 Å². The molecule has 8 heteroatoms. The average molecular weight is 407 g/mol. The van der Waals surface area contributed by atoms with Crippen LogP contribution in [-0.2, 0) is 4.79 Å². The van der Waals surface area contributed by atoms with Crippen LogP contribution in [-0.4, -0.2) is 40.8 Å². The number of thiazole rings is 1. The SMILES string of the molecule is COc1ccc(-c2csc(NC(=O)[C@@H](C)N3C(=O)c4ccccc4C3=O)n2)cc1. The van der Waals surface area contributed by atoms with Crippen LogP contribution in [0, 0.1) is 0 Å². The first-order chi connectivity index (χ1) is 14.0. The highest BCUT2D eigenvalue weighted by molar-refractivity contribution is 7.14. The zero-order valence-corrected chi connectivity index (χ0v) is 16.5. The molecular formula is C21H17N3O4S. The lowest BCUT2D eigenvalue weighted by molar-refractivity contribution is -0.119. The maximum atomic E-state index is 12.7. The number of ether oxygens (including phenoxy) is 1. The number of fused-ring (bicyclic) bond motifs is 1. The Kier molecular flexibility index (Phi) is 4.85. The predicted molar refractivity (Wildman–Crippen MR) is 109 cm³/mol. The quantitative estimate of drug-likeness (QED) is 0.655. The standard InChI is InChI=1S/C21H17N3O4S/c1-12(24-19(26)15-5-3-4-6-16(15)20(24)27)18(25)23-21-22-17(11-29-21)13-7-9-14(28-2)10-8-13/h3-12H,1-2H3,(H,22,23,25)/t12-/m1/s1. The number of carbonyl (C=O) groups excluding carboxylic acids is 3. The maximum absolute atomic E-state index is 12.7. The lowest BCUT2D eigenvalue weighted by Gasteiger charge is -2.21. The first-order valence-corrected chi connectivity index (χ1v) is 9.75. The Labute approximate surface area is 170 Å². The van der Waals surface area contributed by atoms with Crippen molar-refractivity contribution in [3.63, 3.8) is 0 Å². The van der Waals surface area contributed by atoms with Crippen molar-refractivity contribution in [1.29, 1.82) is 0 Å². The molecule has 0 saturated heterocycles. The largest absolute Gasteiger partial charge is 0.497 e. The molecule has 0 unspecified atom stereocenters. The lowest BCUT2D eigenvalue weighted by Crippen LogP contribution is -2.45. The number of rotatable bonds is 5. The predicted octanol–water partition coefficient (Wildman–Crippen LogP) is 3.44. The van der Waals surface area contributed by atoms with Gasteiger partial charge in [0, 0.05) is 10.9 Å². The molecule has 2 heterocycles. The molecule has 1 N–H and O–H groups in total. The van der Waals surface area contributed by atoms with Crippen molar-refractivity contribution in [2.24, 2.45) is 0 Å². The Morgan fingerprint density at radius 3 is 2.28 bits per heavy atom. The number of nitrogens with one attached hydrogen (secondary N) is 1. The van der Waals surface area contributed by atoms with Crippen molar-refractivity contribution in [3.8, 4) is 17.0 Å². The first-order valence-electron chi connectivity index (χ1n) is 8.87. The summed E-state index contributed by atoms with van der Waals surface area (Å²) in [6.45, 7) is 1.52. The number of benzene rings is 2. The summed E-state index contributed by atoms with van der Waals surface area (Å²) >= 11 is 1.27. The van der Waals surface area contributed by atoms with Crippen molar-refractivity contribution >= 4 is 34.2 Å². The molecule has 4 rings (SSSR count). The van der Waals surface area contributed by atoms with E-state index in [4.69, 9.17) is 4.74 Å². The molecule has 2 aromatic carbocycles. The van der Waals surface area contributed by atoms with Gasteiger partial charge in [-0.2, -0.15) is 0 Å². The van der Waals surface area contributed by atoms with Gasteiger partial charge in [0.1, 0.15) is 11.8 Å². The molecule has 0 bridgehead atoms. The highest BCUT2D eigenvalue weighted by Gasteiger charge is 2.40. The second-order valence-electron chi connectivity index (χ2n) is 6.46. The van der Waals surface area contributed by atoms with Gasteiger partial charge in [-0.05, 0) is 43.3 Å². The van der Waals surface area contributed by atoms with Gasteiger partial charge in [0.25, 0.3) is 11.8 Å². The zero-order valence-electron chi connectivity index (χ0n) is 15.7. The van der Waals surface area contributed by atoms with Gasteiger partial charge in [-0.1, -0.05) is 12.1 Å². The van der Waals surface area contributed by atoms with Crippen LogP contribution in [0.3, 0.4) is 0 Å². The minimum absolute atomic E-state index is 0.313. The van der Waals surface area contributed by atoms with Gasteiger partial charge < -0.3 is 10.1 Å². The Hall–Kier alpha value is -3.52. The molecule has 1 aliphatic rings. The Bertz CT molecular complexity index is 1070. The van der Waals surface area contributed by atoms with Crippen molar-refractivity contribution in [1.82, 2.24) is 9.88 Å². The Morgan fingerprint density at radius 2 is 1.69 bits per heavy atom. The van der Waals surface area contributed by atoms with Crippen LogP contribution in [0.1, 0.15) is 27.6 Å². The van der Waals surface area contributed by atoms with E-state index < -0.39 is 23.8 Å². The molecule has 7 nitrogen and oxygen atoms in total. The van der Waals surface area contributed by atoms with Gasteiger partial charge in [-0.25, -0.2) is 4.98 Å². The van der Waals surface area contributed by atoms with Gasteiger partial charge in [-0.15, -0.1) is 11.3 Å². The van der Waals surface area contributed by atoms with Gasteiger partial charge in [0.2, 0.25) is 5.91 Å². The summed E-state index contributed by atoms with van der Waals surface area (Å²) in [6.07, 6.45) is 0. The van der Waals surface area contributed by atoms with E-state index >= 15 is 0 Å². The monoisotopic (exact) mass is 407 g/mol. The van der Waals surface area contributed by atoms with Crippen molar-refractivity contribution < 1.29 is 19.1 Å². The molecule has 0 radical (unpaired) electrons. The normalized spacial score (nSPS) is 13.9. The molecule has 3 aromatic rings. The van der Waals surface area contributed by atoms with Crippen LogP contribution >= 0.6 is 11.3 Å². The number of amides is 3. The van der Waals surface area contributed by atoms with Gasteiger partial charge in [-0.3, -0.25) is 19.3 Å². The fourth-order valence-electron chi connectivity index (χ4n) is 3.11. The number of imide groups is 1. The summed E-state index contributed by atoms with van der Waals surface area (Å²) in [7, 11) is 1.60. The van der Waals surface area contributed by atoms with Crippen molar-refractivity contribution in [3.05, 3.63) is 65.0 Å². The first kappa shape index (κ1) is 18.8. The number of anilines is 1. The number of hydrogen-bond acceptors (Lipinski definition) is 6. The molecule has 146 valence electrons. The van der Waals surface area contributed by atoms with E-state index in [-0.39, 0.29) is 0 Å². The topological polar surface area (TPSA) is 88.6 Å². The number of hydrogen-bond donors (Lipinski definition) is 1. The fourth-order valence-corrected chi connectivity index (χ4v) is 3.83. The zero-order chi connectivity index (χ0) is 20.5. The minimum atomic E-state index is -0.962. The fraction of sp³-hybridized carbons (Fsp3) is 0.143. The van der Waals surface area contributed by atoms with E-state index in [0.29, 0.717) is 22.0 Å². The summed E-state index contributed by atoms with van der Waals surface area (Å²) in [5, 5.41) is 4.91. The molecule has 1 atom stereocenters. The molecular weight excluding hydrogens is 390 g/mol. The molecule has 29 heavy (non-hydrogen) atoms. The highest BCUT2D eigenvalue weighted by Crippen LogP contribution is 2.28. The Balaban J connectivity index is 1.48. The minimum Gasteiger partial charge on any atom is -0.497 e. The maximum Gasteiger partial charge on any atom is 0.262 e. The smallest absolute Gasteiger partial charge is 0.262 e. The Morgan fingerprint density at radius 1 is 1.07 bits per heavy atom. The molecule has 0 saturated carbocycles. The third-order valence-electron chi connectivity index (χ3n) is 4.71. The lowest BCUT2D eigenvalue weighted by atomic mass is 10.1. The third-order valence-corrected chi connectivity index (χ3v) is 5.47. The van der Waals surface area contributed by atoms with Crippen LogP contribution in [0.4, 0.5) is 5.13 Å². The van der Waals surface area contributed by atoms with Crippen LogP contribution in [0.25, 0.3) is 11.3 Å². The number of aromatic nitrogens is 1. The van der Waals surface area contributed by atoms with E-state index in [2.05, 4.69) is 10.3 Å². The summed E-state index contributed by atoms with van der Waals surface area (Å²) in [6, 6.07) is 13.0. The summed E-state index contributed by atoms with van der Waals surface area (Å²) in [4.78, 5) is 43.2. The summed E-state index contributed by atoms with van der Waals surface area (Å²) in [5.41, 5.74) is 2.22. The molecule has 3 amide bonds. The van der Waals surface area contributed by atoms with Crippen molar-refractivity contribution in [2.45, 2.75) is 13.0 Å². The second-order valence-corrected chi connectivity index (χ2v) is 7.32. The summed E-state index contributed by atoms with van der Waals surface area (Å²) in [5.74, 6) is -0.667. The summed E-state index contributed by atoms with van der Waals surface area (Å²) < 4.78 is 5.14. The van der Waals surface area contributed by atoms with Crippen LogP contribution in [0.5, 0.6) is 5.75 Å². The van der Waals surface area contributed by atoms with E-state index in [9.17, 15) is 14.4 Å².